The van der Waals surface area contributed by atoms with E-state index in [2.05, 4.69) is 12.2 Å². The van der Waals surface area contributed by atoms with E-state index in [0.29, 0.717) is 26.1 Å². The maximum atomic E-state index is 11.1. The fraction of sp³-hybridized carbons (Fsp3) is 0.900. The molecule has 0 atom stereocenters. The highest BCUT2D eigenvalue weighted by molar-refractivity contribution is 5.75. The first-order chi connectivity index (χ1) is 6.81. The number of nitrogens with one attached hydrogen (secondary N) is 1. The van der Waals surface area contributed by atoms with E-state index in [9.17, 15) is 4.79 Å². The highest BCUT2D eigenvalue weighted by Crippen LogP contribution is 1.87. The summed E-state index contributed by atoms with van der Waals surface area (Å²) in [5.41, 5.74) is 5.28. The van der Waals surface area contributed by atoms with Crippen molar-refractivity contribution in [1.82, 2.24) is 5.32 Å². The quantitative estimate of drug-likeness (QED) is 0.540. The van der Waals surface area contributed by atoms with Crippen molar-refractivity contribution in [3.05, 3.63) is 0 Å². The van der Waals surface area contributed by atoms with Gasteiger partial charge in [-0.1, -0.05) is 13.3 Å². The van der Waals surface area contributed by atoms with Crippen molar-refractivity contribution >= 4 is 5.91 Å². The summed E-state index contributed by atoms with van der Waals surface area (Å²) in [4.78, 5) is 11.1. The molecule has 0 heterocycles. The maximum Gasteiger partial charge on any atom is 0.220 e. The van der Waals surface area contributed by atoms with Crippen molar-refractivity contribution < 1.29 is 9.53 Å². The molecule has 0 saturated heterocycles. The van der Waals surface area contributed by atoms with Gasteiger partial charge in [-0.15, -0.1) is 0 Å². The topological polar surface area (TPSA) is 64.3 Å². The Bertz CT molecular complexity index is 140. The Morgan fingerprint density at radius 3 is 2.79 bits per heavy atom. The molecule has 0 aliphatic carbocycles. The van der Waals surface area contributed by atoms with Gasteiger partial charge < -0.3 is 15.8 Å². The Morgan fingerprint density at radius 2 is 2.14 bits per heavy atom. The van der Waals surface area contributed by atoms with Gasteiger partial charge in [-0.25, -0.2) is 0 Å². The summed E-state index contributed by atoms with van der Waals surface area (Å²) in [7, 11) is 0. The third-order valence-electron chi connectivity index (χ3n) is 1.82. The normalized spacial score (nSPS) is 10.1. The van der Waals surface area contributed by atoms with Gasteiger partial charge in [0.2, 0.25) is 5.91 Å². The Morgan fingerprint density at radius 1 is 1.36 bits per heavy atom. The van der Waals surface area contributed by atoms with Crippen LogP contribution in [0.4, 0.5) is 0 Å². The van der Waals surface area contributed by atoms with Crippen LogP contribution in [0.5, 0.6) is 0 Å². The standard InChI is InChI=1S/C10H22N2O2/c1-2-3-8-14-9-7-12-10(13)5-4-6-11/h2-9,11H2,1H3,(H,12,13). The Kier molecular flexibility index (Phi) is 10.0. The highest BCUT2D eigenvalue weighted by Gasteiger charge is 1.98. The Labute approximate surface area is 86.2 Å². The molecule has 0 aromatic carbocycles. The molecule has 0 aliphatic rings. The second kappa shape index (κ2) is 10.5. The number of nitrogens with two attached hydrogens (primary N) is 1. The molecule has 4 nitrogen and oxygen atoms in total. The number of amides is 1. The number of carbonyl (C=O) groups is 1. The van der Waals surface area contributed by atoms with Crippen LogP contribution in [0.25, 0.3) is 0 Å². The van der Waals surface area contributed by atoms with E-state index in [-0.39, 0.29) is 5.91 Å². The molecule has 0 bridgehead atoms. The lowest BCUT2D eigenvalue weighted by Gasteiger charge is -2.05. The van der Waals surface area contributed by atoms with Gasteiger partial charge in [0.25, 0.3) is 0 Å². The van der Waals surface area contributed by atoms with Crippen LogP contribution in [0.15, 0.2) is 0 Å². The third kappa shape index (κ3) is 9.48. The molecule has 4 heteroatoms. The number of unbranched alkanes of at least 4 members (excludes halogenated alkanes) is 1. The van der Waals surface area contributed by atoms with Gasteiger partial charge in [-0.3, -0.25) is 4.79 Å². The second-order valence-electron chi connectivity index (χ2n) is 3.21. The number of rotatable bonds is 9. The lowest BCUT2D eigenvalue weighted by molar-refractivity contribution is -0.121. The van der Waals surface area contributed by atoms with E-state index in [1.54, 1.807) is 0 Å². The number of hydrogen-bond acceptors (Lipinski definition) is 3. The van der Waals surface area contributed by atoms with Crippen LogP contribution < -0.4 is 11.1 Å². The molecule has 0 saturated carbocycles. The average molecular weight is 202 g/mol. The first kappa shape index (κ1) is 13.4. The molecule has 14 heavy (non-hydrogen) atoms. The summed E-state index contributed by atoms with van der Waals surface area (Å²) in [6, 6.07) is 0. The first-order valence-electron chi connectivity index (χ1n) is 5.35. The van der Waals surface area contributed by atoms with Gasteiger partial charge >= 0.3 is 0 Å². The van der Waals surface area contributed by atoms with Crippen molar-refractivity contribution in [1.29, 1.82) is 0 Å². The minimum absolute atomic E-state index is 0.0644. The van der Waals surface area contributed by atoms with Gasteiger partial charge in [0.05, 0.1) is 6.61 Å². The van der Waals surface area contributed by atoms with E-state index in [0.717, 1.165) is 25.9 Å². The fourth-order valence-electron chi connectivity index (χ4n) is 0.962. The summed E-state index contributed by atoms with van der Waals surface area (Å²) < 4.78 is 5.29. The summed E-state index contributed by atoms with van der Waals surface area (Å²) in [6.07, 6.45) is 3.50. The lowest BCUT2D eigenvalue weighted by Crippen LogP contribution is -2.27. The van der Waals surface area contributed by atoms with Crippen molar-refractivity contribution in [2.45, 2.75) is 32.6 Å². The minimum Gasteiger partial charge on any atom is -0.380 e. The van der Waals surface area contributed by atoms with Crippen LogP contribution in [0.2, 0.25) is 0 Å². The molecular formula is C10H22N2O2. The minimum atomic E-state index is 0.0644. The zero-order chi connectivity index (χ0) is 10.6. The fourth-order valence-corrected chi connectivity index (χ4v) is 0.962. The van der Waals surface area contributed by atoms with Crippen LogP contribution >= 0.6 is 0 Å². The smallest absolute Gasteiger partial charge is 0.220 e. The third-order valence-corrected chi connectivity index (χ3v) is 1.82. The SMILES string of the molecule is CCCCOCCNC(=O)CCCN. The Balaban J connectivity index is 3.07. The summed E-state index contributed by atoms with van der Waals surface area (Å²) in [5.74, 6) is 0.0644. The van der Waals surface area contributed by atoms with Crippen molar-refractivity contribution in [2.24, 2.45) is 5.73 Å². The number of hydrogen-bond donors (Lipinski definition) is 2. The number of ether oxygens (including phenoxy) is 1. The average Bonchev–Trinajstić information content (AvgIpc) is 2.20. The second-order valence-corrected chi connectivity index (χ2v) is 3.21. The molecule has 0 aliphatic heterocycles. The van der Waals surface area contributed by atoms with E-state index in [1.165, 1.54) is 0 Å². The molecule has 0 aromatic rings. The first-order valence-corrected chi connectivity index (χ1v) is 5.35. The van der Waals surface area contributed by atoms with Crippen LogP contribution in [0.3, 0.4) is 0 Å². The molecule has 0 spiro atoms. The Hall–Kier alpha value is -0.610. The molecule has 0 aromatic heterocycles. The summed E-state index contributed by atoms with van der Waals surface area (Å²) in [6.45, 7) is 4.69. The van der Waals surface area contributed by atoms with Crippen LogP contribution in [-0.4, -0.2) is 32.2 Å². The molecule has 1 amide bonds. The highest BCUT2D eigenvalue weighted by atomic mass is 16.5. The van der Waals surface area contributed by atoms with Gasteiger partial charge in [0, 0.05) is 19.6 Å². The predicted octanol–water partition coefficient (Wildman–Crippen LogP) is 0.658. The summed E-state index contributed by atoms with van der Waals surface area (Å²) >= 11 is 0. The van der Waals surface area contributed by atoms with E-state index < -0.39 is 0 Å². The molecule has 3 N–H and O–H groups in total. The molecule has 0 fully saturated rings. The van der Waals surface area contributed by atoms with Gasteiger partial charge in [0.15, 0.2) is 0 Å². The van der Waals surface area contributed by atoms with Gasteiger partial charge in [0.1, 0.15) is 0 Å². The van der Waals surface area contributed by atoms with Gasteiger partial charge in [-0.05, 0) is 19.4 Å². The molecule has 84 valence electrons. The zero-order valence-electron chi connectivity index (χ0n) is 9.05. The van der Waals surface area contributed by atoms with Crippen molar-refractivity contribution in [3.63, 3.8) is 0 Å². The lowest BCUT2D eigenvalue weighted by atomic mass is 10.3. The predicted molar refractivity (Wildman–Crippen MR) is 57.0 cm³/mol. The van der Waals surface area contributed by atoms with Crippen molar-refractivity contribution in [3.8, 4) is 0 Å². The monoisotopic (exact) mass is 202 g/mol. The van der Waals surface area contributed by atoms with Crippen molar-refractivity contribution in [2.75, 3.05) is 26.3 Å². The molecule has 0 rings (SSSR count). The zero-order valence-corrected chi connectivity index (χ0v) is 9.05. The van der Waals surface area contributed by atoms with E-state index in [1.807, 2.05) is 0 Å². The van der Waals surface area contributed by atoms with Crippen LogP contribution in [0, 0.1) is 0 Å². The summed E-state index contributed by atoms with van der Waals surface area (Å²) in [5, 5.41) is 2.77. The number of carbonyl (C=O) groups excluding carboxylic acids is 1. The van der Waals surface area contributed by atoms with Crippen LogP contribution in [-0.2, 0) is 9.53 Å². The van der Waals surface area contributed by atoms with Gasteiger partial charge in [-0.2, -0.15) is 0 Å². The molecule has 0 radical (unpaired) electrons. The van der Waals surface area contributed by atoms with Crippen LogP contribution in [0.1, 0.15) is 32.6 Å². The largest absolute Gasteiger partial charge is 0.380 e. The van der Waals surface area contributed by atoms with E-state index >= 15 is 0 Å². The molecular weight excluding hydrogens is 180 g/mol. The van der Waals surface area contributed by atoms with E-state index in [4.69, 9.17) is 10.5 Å². The molecule has 0 unspecified atom stereocenters. The maximum absolute atomic E-state index is 11.1.